The number of rotatable bonds is 3. The Morgan fingerprint density at radius 1 is 1.35 bits per heavy atom. The minimum absolute atomic E-state index is 0.269. The van der Waals surface area contributed by atoms with Crippen molar-refractivity contribution in [2.24, 2.45) is 0 Å². The molecule has 4 nitrogen and oxygen atoms in total. The first kappa shape index (κ1) is 11.3. The van der Waals surface area contributed by atoms with Gasteiger partial charge in [-0.05, 0) is 30.7 Å². The van der Waals surface area contributed by atoms with E-state index >= 15 is 0 Å². The van der Waals surface area contributed by atoms with E-state index in [2.05, 4.69) is 10.3 Å². The highest BCUT2D eigenvalue weighted by molar-refractivity contribution is 5.64. The molecule has 86 valence electrons. The molecular weight excluding hydrogens is 219 g/mol. The first-order valence-corrected chi connectivity index (χ1v) is 5.35. The van der Waals surface area contributed by atoms with Crippen LogP contribution in [0, 0.1) is 17.1 Å². The molecular formula is C12H11FN4. The van der Waals surface area contributed by atoms with Gasteiger partial charge in [0.05, 0.1) is 0 Å². The van der Waals surface area contributed by atoms with Gasteiger partial charge in [0.15, 0.2) is 5.69 Å². The van der Waals surface area contributed by atoms with Crippen molar-refractivity contribution in [3.63, 3.8) is 0 Å². The topological polar surface area (TPSA) is 54.5 Å². The predicted octanol–water partition coefficient (Wildman–Crippen LogP) is 2.37. The monoisotopic (exact) mass is 230 g/mol. The summed E-state index contributed by atoms with van der Waals surface area (Å²) in [6, 6.07) is 7.97. The molecule has 0 radical (unpaired) electrons. The molecule has 1 aromatic heterocycles. The first-order chi connectivity index (χ1) is 8.26. The summed E-state index contributed by atoms with van der Waals surface area (Å²) in [4.78, 5) is 0. The average molecular weight is 230 g/mol. The Hall–Kier alpha value is -2.22. The Morgan fingerprint density at radius 3 is 2.65 bits per heavy atom. The Bertz CT molecular complexity index is 551. The van der Waals surface area contributed by atoms with E-state index in [4.69, 9.17) is 5.26 Å². The lowest BCUT2D eigenvalue weighted by Crippen LogP contribution is -2.01. The van der Waals surface area contributed by atoms with E-state index < -0.39 is 0 Å². The molecule has 0 aliphatic carbocycles. The molecule has 5 heteroatoms. The van der Waals surface area contributed by atoms with E-state index in [1.165, 1.54) is 12.1 Å². The van der Waals surface area contributed by atoms with Gasteiger partial charge >= 0.3 is 0 Å². The van der Waals surface area contributed by atoms with E-state index in [1.54, 1.807) is 16.8 Å². The molecule has 0 aliphatic rings. The molecule has 0 aliphatic heterocycles. The summed E-state index contributed by atoms with van der Waals surface area (Å²) < 4.78 is 14.5. The molecule has 1 heterocycles. The highest BCUT2D eigenvalue weighted by Gasteiger charge is 2.13. The van der Waals surface area contributed by atoms with Gasteiger partial charge in [0.25, 0.3) is 0 Å². The van der Waals surface area contributed by atoms with Gasteiger partial charge in [0.2, 0.25) is 0 Å². The number of aryl methyl sites for hydroxylation is 1. The molecule has 0 spiro atoms. The number of nitrogens with zero attached hydrogens (tertiary/aromatic N) is 4. The lowest BCUT2D eigenvalue weighted by Gasteiger charge is -2.04. The van der Waals surface area contributed by atoms with Crippen LogP contribution in [0.2, 0.25) is 0 Å². The molecule has 1 aromatic carbocycles. The van der Waals surface area contributed by atoms with Crippen LogP contribution in [0.25, 0.3) is 11.3 Å². The minimum atomic E-state index is -0.304. The van der Waals surface area contributed by atoms with Crippen LogP contribution in [-0.4, -0.2) is 15.0 Å². The summed E-state index contributed by atoms with van der Waals surface area (Å²) >= 11 is 0. The Kier molecular flexibility index (Phi) is 3.15. The molecule has 0 saturated heterocycles. The summed E-state index contributed by atoms with van der Waals surface area (Å²) in [5, 5.41) is 16.7. The van der Waals surface area contributed by atoms with Gasteiger partial charge in [-0.2, -0.15) is 5.26 Å². The van der Waals surface area contributed by atoms with Crippen molar-refractivity contribution < 1.29 is 4.39 Å². The number of benzene rings is 1. The SMILES string of the molecule is CCCn1nnc(C#N)c1-c1ccc(F)cc1. The zero-order chi connectivity index (χ0) is 12.3. The first-order valence-electron chi connectivity index (χ1n) is 5.35. The fraction of sp³-hybridized carbons (Fsp3) is 0.250. The standard InChI is InChI=1S/C12H11FN4/c1-2-7-17-12(11(8-14)15-16-17)9-3-5-10(13)6-4-9/h3-6H,2,7H2,1H3. The normalized spacial score (nSPS) is 10.2. The van der Waals surface area contributed by atoms with E-state index in [0.29, 0.717) is 12.2 Å². The largest absolute Gasteiger partial charge is 0.243 e. The van der Waals surface area contributed by atoms with Crippen molar-refractivity contribution in [2.75, 3.05) is 0 Å². The molecule has 17 heavy (non-hydrogen) atoms. The van der Waals surface area contributed by atoms with Crippen molar-refractivity contribution in [3.05, 3.63) is 35.8 Å². The third-order valence-corrected chi connectivity index (χ3v) is 2.39. The molecule has 0 amide bonds. The molecule has 0 unspecified atom stereocenters. The number of nitriles is 1. The number of hydrogen-bond acceptors (Lipinski definition) is 3. The molecule has 0 N–H and O–H groups in total. The van der Waals surface area contributed by atoms with Crippen LogP contribution in [0.15, 0.2) is 24.3 Å². The maximum absolute atomic E-state index is 12.9. The summed E-state index contributed by atoms with van der Waals surface area (Å²) in [5.74, 6) is -0.304. The second kappa shape index (κ2) is 4.74. The van der Waals surface area contributed by atoms with Crippen molar-refractivity contribution in [2.45, 2.75) is 19.9 Å². The zero-order valence-corrected chi connectivity index (χ0v) is 9.39. The fourth-order valence-electron chi connectivity index (χ4n) is 1.65. The maximum Gasteiger partial charge on any atom is 0.190 e. The number of aromatic nitrogens is 3. The molecule has 0 fully saturated rings. The van der Waals surface area contributed by atoms with Gasteiger partial charge in [-0.3, -0.25) is 0 Å². The van der Waals surface area contributed by atoms with Gasteiger partial charge in [0.1, 0.15) is 17.6 Å². The second-order valence-electron chi connectivity index (χ2n) is 3.63. The van der Waals surface area contributed by atoms with Gasteiger partial charge < -0.3 is 0 Å². The quantitative estimate of drug-likeness (QED) is 0.813. The lowest BCUT2D eigenvalue weighted by molar-refractivity contribution is 0.584. The van der Waals surface area contributed by atoms with E-state index in [1.807, 2.05) is 13.0 Å². The lowest BCUT2D eigenvalue weighted by atomic mass is 10.1. The van der Waals surface area contributed by atoms with E-state index in [-0.39, 0.29) is 11.5 Å². The van der Waals surface area contributed by atoms with Crippen LogP contribution in [0.3, 0.4) is 0 Å². The van der Waals surface area contributed by atoms with Crippen LogP contribution in [0.4, 0.5) is 4.39 Å². The summed E-state index contributed by atoms with van der Waals surface area (Å²) in [7, 11) is 0. The van der Waals surface area contributed by atoms with Gasteiger partial charge in [-0.15, -0.1) is 5.10 Å². The van der Waals surface area contributed by atoms with Crippen molar-refractivity contribution in [3.8, 4) is 17.3 Å². The van der Waals surface area contributed by atoms with Crippen LogP contribution >= 0.6 is 0 Å². The summed E-state index contributed by atoms with van der Waals surface area (Å²) in [5.41, 5.74) is 1.67. The van der Waals surface area contributed by atoms with E-state index in [0.717, 1.165) is 12.0 Å². The predicted molar refractivity (Wildman–Crippen MR) is 60.4 cm³/mol. The molecule has 2 rings (SSSR count). The number of halogens is 1. The van der Waals surface area contributed by atoms with Crippen molar-refractivity contribution in [1.82, 2.24) is 15.0 Å². The smallest absolute Gasteiger partial charge is 0.190 e. The van der Waals surface area contributed by atoms with E-state index in [9.17, 15) is 4.39 Å². The molecule has 0 bridgehead atoms. The molecule has 2 aromatic rings. The molecule has 0 saturated carbocycles. The zero-order valence-electron chi connectivity index (χ0n) is 9.39. The van der Waals surface area contributed by atoms with Crippen molar-refractivity contribution in [1.29, 1.82) is 5.26 Å². The fourth-order valence-corrected chi connectivity index (χ4v) is 1.65. The molecule has 0 atom stereocenters. The van der Waals surface area contributed by atoms with Gasteiger partial charge in [-0.1, -0.05) is 12.1 Å². The highest BCUT2D eigenvalue weighted by atomic mass is 19.1. The minimum Gasteiger partial charge on any atom is -0.243 e. The highest BCUT2D eigenvalue weighted by Crippen LogP contribution is 2.22. The van der Waals surface area contributed by atoms with Gasteiger partial charge in [0, 0.05) is 12.1 Å². The third kappa shape index (κ3) is 2.16. The maximum atomic E-state index is 12.9. The summed E-state index contributed by atoms with van der Waals surface area (Å²) in [6.45, 7) is 2.70. The average Bonchev–Trinajstić information content (AvgIpc) is 2.74. The summed E-state index contributed by atoms with van der Waals surface area (Å²) in [6.07, 6.45) is 0.891. The number of hydrogen-bond donors (Lipinski definition) is 0. The van der Waals surface area contributed by atoms with Gasteiger partial charge in [-0.25, -0.2) is 9.07 Å². The van der Waals surface area contributed by atoms with Crippen LogP contribution in [-0.2, 0) is 6.54 Å². The Balaban J connectivity index is 2.52. The van der Waals surface area contributed by atoms with Crippen LogP contribution in [0.1, 0.15) is 19.0 Å². The van der Waals surface area contributed by atoms with Crippen molar-refractivity contribution >= 4 is 0 Å². The second-order valence-corrected chi connectivity index (χ2v) is 3.63. The third-order valence-electron chi connectivity index (χ3n) is 2.39. The Morgan fingerprint density at radius 2 is 2.06 bits per heavy atom. The van der Waals surface area contributed by atoms with Crippen LogP contribution < -0.4 is 0 Å². The Labute approximate surface area is 98.3 Å². The van der Waals surface area contributed by atoms with Crippen LogP contribution in [0.5, 0.6) is 0 Å².